The van der Waals surface area contributed by atoms with Crippen molar-refractivity contribution in [2.24, 2.45) is 17.1 Å². The first-order valence-electron chi connectivity index (χ1n) is 6.00. The minimum Gasteiger partial charge on any atom is -0.378 e. The number of nitrogens with two attached hydrogens (primary N) is 1. The van der Waals surface area contributed by atoms with Gasteiger partial charge in [-0.15, -0.1) is 0 Å². The third-order valence-corrected chi connectivity index (χ3v) is 4.09. The molecule has 2 atom stereocenters. The Morgan fingerprint density at radius 2 is 2.07 bits per heavy atom. The van der Waals surface area contributed by atoms with E-state index in [1.54, 1.807) is 0 Å². The maximum Gasteiger partial charge on any atom is 0.0616 e. The molecule has 0 aliphatic carbocycles. The van der Waals surface area contributed by atoms with Crippen LogP contribution in [-0.4, -0.2) is 19.3 Å². The van der Waals surface area contributed by atoms with Gasteiger partial charge in [0, 0.05) is 18.6 Å². The number of hydrogen-bond donors (Lipinski definition) is 1. The van der Waals surface area contributed by atoms with Gasteiger partial charge in [-0.2, -0.15) is 0 Å². The number of rotatable bonds is 5. The molecule has 84 valence electrons. The molecule has 0 bridgehead atoms. The first-order valence-corrected chi connectivity index (χ1v) is 6.00. The summed E-state index contributed by atoms with van der Waals surface area (Å²) < 4.78 is 5.67. The smallest absolute Gasteiger partial charge is 0.0616 e. The van der Waals surface area contributed by atoms with Crippen molar-refractivity contribution in [2.45, 2.75) is 52.6 Å². The molecule has 0 spiro atoms. The fraction of sp³-hybridized carbons (Fsp3) is 1.00. The number of hydrogen-bond acceptors (Lipinski definition) is 2. The van der Waals surface area contributed by atoms with Crippen molar-refractivity contribution in [3.8, 4) is 0 Å². The molecular formula is C12H25NO. The summed E-state index contributed by atoms with van der Waals surface area (Å²) >= 11 is 0. The summed E-state index contributed by atoms with van der Waals surface area (Å²) in [6.45, 7) is 8.42. The van der Waals surface area contributed by atoms with Crippen molar-refractivity contribution >= 4 is 0 Å². The second kappa shape index (κ2) is 5.13. The van der Waals surface area contributed by atoms with Crippen LogP contribution in [-0.2, 0) is 4.74 Å². The zero-order valence-corrected chi connectivity index (χ0v) is 9.88. The highest BCUT2D eigenvalue weighted by Gasteiger charge is 2.41. The second-order valence-corrected chi connectivity index (χ2v) is 4.72. The monoisotopic (exact) mass is 199 g/mol. The predicted octanol–water partition coefficient (Wildman–Crippen LogP) is 2.57. The summed E-state index contributed by atoms with van der Waals surface area (Å²) in [6, 6.07) is 0. The molecule has 0 amide bonds. The zero-order chi connectivity index (χ0) is 10.6. The van der Waals surface area contributed by atoms with E-state index in [9.17, 15) is 0 Å². The topological polar surface area (TPSA) is 35.2 Å². The van der Waals surface area contributed by atoms with Crippen LogP contribution in [0.15, 0.2) is 0 Å². The first kappa shape index (κ1) is 12.0. The highest BCUT2D eigenvalue weighted by molar-refractivity contribution is 4.91. The van der Waals surface area contributed by atoms with Crippen molar-refractivity contribution in [3.63, 3.8) is 0 Å². The van der Waals surface area contributed by atoms with Gasteiger partial charge in [0.05, 0.1) is 6.10 Å². The average molecular weight is 199 g/mol. The Kier molecular flexibility index (Phi) is 4.39. The first-order chi connectivity index (χ1) is 6.68. The Morgan fingerprint density at radius 3 is 2.43 bits per heavy atom. The molecule has 0 saturated carbocycles. The van der Waals surface area contributed by atoms with Gasteiger partial charge in [-0.05, 0) is 25.7 Å². The van der Waals surface area contributed by atoms with E-state index in [0.29, 0.717) is 6.10 Å². The van der Waals surface area contributed by atoms with Gasteiger partial charge in [-0.3, -0.25) is 0 Å². The van der Waals surface area contributed by atoms with Gasteiger partial charge >= 0.3 is 0 Å². The standard InChI is InChI=1S/C12H25NO/c1-4-11(5-2)8-12(9-13)6-7-14-10(12)3/h10-11H,4-9,13H2,1-3H3. The molecule has 2 nitrogen and oxygen atoms in total. The maximum absolute atomic E-state index is 5.94. The normalized spacial score (nSPS) is 32.8. The highest BCUT2D eigenvalue weighted by Crippen LogP contribution is 2.40. The Bertz CT molecular complexity index is 168. The van der Waals surface area contributed by atoms with Crippen LogP contribution in [0.2, 0.25) is 0 Å². The molecule has 1 aliphatic heterocycles. The van der Waals surface area contributed by atoms with E-state index in [2.05, 4.69) is 20.8 Å². The Labute approximate surface area is 88.2 Å². The number of ether oxygens (including phenoxy) is 1. The van der Waals surface area contributed by atoms with Crippen LogP contribution in [0.25, 0.3) is 0 Å². The van der Waals surface area contributed by atoms with Gasteiger partial charge in [-0.25, -0.2) is 0 Å². The van der Waals surface area contributed by atoms with Crippen LogP contribution < -0.4 is 5.73 Å². The fourth-order valence-electron chi connectivity index (χ4n) is 2.59. The lowest BCUT2D eigenvalue weighted by molar-refractivity contribution is 0.0530. The summed E-state index contributed by atoms with van der Waals surface area (Å²) in [6.07, 6.45) is 5.29. The summed E-state index contributed by atoms with van der Waals surface area (Å²) in [7, 11) is 0. The van der Waals surface area contributed by atoms with Crippen molar-refractivity contribution < 1.29 is 4.74 Å². The minimum absolute atomic E-state index is 0.274. The molecule has 1 rings (SSSR count). The van der Waals surface area contributed by atoms with Crippen LogP contribution in [0.4, 0.5) is 0 Å². The molecule has 1 aliphatic rings. The fourth-order valence-corrected chi connectivity index (χ4v) is 2.59. The lowest BCUT2D eigenvalue weighted by Crippen LogP contribution is -2.38. The van der Waals surface area contributed by atoms with E-state index < -0.39 is 0 Å². The highest BCUT2D eigenvalue weighted by atomic mass is 16.5. The molecule has 0 aromatic rings. The van der Waals surface area contributed by atoms with E-state index in [-0.39, 0.29) is 5.41 Å². The van der Waals surface area contributed by atoms with Gasteiger partial charge in [0.1, 0.15) is 0 Å². The lowest BCUT2D eigenvalue weighted by Gasteiger charge is -2.34. The van der Waals surface area contributed by atoms with Crippen molar-refractivity contribution in [3.05, 3.63) is 0 Å². The van der Waals surface area contributed by atoms with E-state index in [0.717, 1.165) is 25.5 Å². The SMILES string of the molecule is CCC(CC)CC1(CN)CCOC1C. The van der Waals surface area contributed by atoms with E-state index in [1.165, 1.54) is 19.3 Å². The third kappa shape index (κ3) is 2.29. The van der Waals surface area contributed by atoms with Gasteiger partial charge < -0.3 is 10.5 Å². The zero-order valence-electron chi connectivity index (χ0n) is 9.88. The quantitative estimate of drug-likeness (QED) is 0.738. The molecule has 2 heteroatoms. The lowest BCUT2D eigenvalue weighted by atomic mass is 9.73. The molecule has 0 aromatic carbocycles. The van der Waals surface area contributed by atoms with Crippen LogP contribution in [0.3, 0.4) is 0 Å². The van der Waals surface area contributed by atoms with Crippen molar-refractivity contribution in [1.29, 1.82) is 0 Å². The Hall–Kier alpha value is -0.0800. The molecule has 1 saturated heterocycles. The Morgan fingerprint density at radius 1 is 1.43 bits per heavy atom. The average Bonchev–Trinajstić information content (AvgIpc) is 2.57. The second-order valence-electron chi connectivity index (χ2n) is 4.72. The molecule has 0 radical (unpaired) electrons. The van der Waals surface area contributed by atoms with Gasteiger partial charge in [0.15, 0.2) is 0 Å². The van der Waals surface area contributed by atoms with Crippen molar-refractivity contribution in [2.75, 3.05) is 13.2 Å². The molecular weight excluding hydrogens is 174 g/mol. The van der Waals surface area contributed by atoms with Crippen molar-refractivity contribution in [1.82, 2.24) is 0 Å². The van der Waals surface area contributed by atoms with Gasteiger partial charge in [-0.1, -0.05) is 26.7 Å². The molecule has 1 fully saturated rings. The molecule has 2 N–H and O–H groups in total. The van der Waals surface area contributed by atoms with E-state index >= 15 is 0 Å². The summed E-state index contributed by atoms with van der Waals surface area (Å²) in [4.78, 5) is 0. The van der Waals surface area contributed by atoms with E-state index in [1.807, 2.05) is 0 Å². The van der Waals surface area contributed by atoms with Crippen LogP contribution in [0.1, 0.15) is 46.5 Å². The van der Waals surface area contributed by atoms with E-state index in [4.69, 9.17) is 10.5 Å². The van der Waals surface area contributed by atoms with Crippen LogP contribution in [0.5, 0.6) is 0 Å². The predicted molar refractivity (Wildman–Crippen MR) is 60.2 cm³/mol. The van der Waals surface area contributed by atoms with Crippen LogP contribution in [0, 0.1) is 11.3 Å². The molecule has 0 aromatic heterocycles. The minimum atomic E-state index is 0.274. The van der Waals surface area contributed by atoms with Crippen LogP contribution >= 0.6 is 0 Å². The summed E-state index contributed by atoms with van der Waals surface area (Å²) in [5, 5.41) is 0. The molecule has 2 unspecified atom stereocenters. The molecule has 1 heterocycles. The largest absolute Gasteiger partial charge is 0.378 e. The Balaban J connectivity index is 2.60. The third-order valence-electron chi connectivity index (χ3n) is 4.09. The summed E-state index contributed by atoms with van der Waals surface area (Å²) in [5.74, 6) is 0.822. The van der Waals surface area contributed by atoms with Gasteiger partial charge in [0.25, 0.3) is 0 Å². The van der Waals surface area contributed by atoms with Gasteiger partial charge in [0.2, 0.25) is 0 Å². The molecule has 14 heavy (non-hydrogen) atoms. The summed E-state index contributed by atoms with van der Waals surface area (Å²) in [5.41, 5.74) is 6.21. The maximum atomic E-state index is 5.94.